The van der Waals surface area contributed by atoms with E-state index in [2.05, 4.69) is 0 Å². The zero-order valence-electron chi connectivity index (χ0n) is 13.1. The monoisotopic (exact) mass is 343 g/mol. The van der Waals surface area contributed by atoms with Crippen molar-refractivity contribution in [1.82, 2.24) is 4.90 Å². The van der Waals surface area contributed by atoms with Gasteiger partial charge in [-0.1, -0.05) is 23.7 Å². The van der Waals surface area contributed by atoms with Gasteiger partial charge in [-0.15, -0.1) is 0 Å². The second kappa shape index (κ2) is 6.09. The van der Waals surface area contributed by atoms with Gasteiger partial charge in [-0.2, -0.15) is 0 Å². The molecule has 0 N–H and O–H groups in total. The molecule has 122 valence electrons. The van der Waals surface area contributed by atoms with Crippen molar-refractivity contribution in [2.24, 2.45) is 0 Å². The first-order valence-electron chi connectivity index (χ1n) is 7.35. The van der Waals surface area contributed by atoms with Gasteiger partial charge in [0.15, 0.2) is 0 Å². The normalized spacial score (nSPS) is 14.5. The fourth-order valence-electron chi connectivity index (χ4n) is 2.59. The lowest BCUT2D eigenvalue weighted by Crippen LogP contribution is -2.44. The summed E-state index contributed by atoms with van der Waals surface area (Å²) in [7, 11) is 0. The van der Waals surface area contributed by atoms with Gasteiger partial charge < -0.3 is 4.74 Å². The van der Waals surface area contributed by atoms with Crippen molar-refractivity contribution in [3.63, 3.8) is 0 Å². The van der Waals surface area contributed by atoms with Gasteiger partial charge in [0.1, 0.15) is 11.8 Å². The fourth-order valence-corrected chi connectivity index (χ4v) is 2.81. The molecule has 24 heavy (non-hydrogen) atoms. The zero-order chi connectivity index (χ0) is 17.4. The van der Waals surface area contributed by atoms with Gasteiger partial charge in [-0.05, 0) is 49.7 Å². The number of hydrogen-bond acceptors (Lipinski definition) is 4. The number of ether oxygens (including phenoxy) is 1. The molecule has 2 aromatic rings. The molecule has 0 spiro atoms. The number of carbonyl (C=O) groups excluding carboxylic acids is 3. The molecule has 2 amide bonds. The Labute approximate surface area is 143 Å². The van der Waals surface area contributed by atoms with Crippen LogP contribution in [0.2, 0.25) is 5.02 Å². The second-order valence-corrected chi connectivity index (χ2v) is 5.97. The van der Waals surface area contributed by atoms with Crippen LogP contribution < -0.4 is 4.74 Å². The number of aryl methyl sites for hydroxylation is 1. The maximum Gasteiger partial charge on any atom is 0.334 e. The summed E-state index contributed by atoms with van der Waals surface area (Å²) in [5.41, 5.74) is 1.28. The first-order chi connectivity index (χ1) is 11.4. The number of fused-ring (bicyclic) bond motifs is 1. The van der Waals surface area contributed by atoms with Crippen LogP contribution in [0.25, 0.3) is 0 Å². The Balaban J connectivity index is 1.82. The predicted octanol–water partition coefficient (Wildman–Crippen LogP) is 3.24. The SMILES string of the molecule is Cc1cc(Cl)ccc1OC(=O)[C@@H](C)N1C(=O)c2ccccc2C1=O. The number of esters is 1. The minimum absolute atomic E-state index is 0.296. The molecular weight excluding hydrogens is 330 g/mol. The molecule has 2 aromatic carbocycles. The van der Waals surface area contributed by atoms with Crippen LogP contribution in [-0.2, 0) is 4.79 Å². The van der Waals surface area contributed by atoms with Crippen LogP contribution >= 0.6 is 11.6 Å². The number of rotatable bonds is 3. The molecule has 0 bridgehead atoms. The molecule has 0 unspecified atom stereocenters. The minimum atomic E-state index is -1.03. The Morgan fingerprint density at radius 1 is 1.08 bits per heavy atom. The van der Waals surface area contributed by atoms with Gasteiger partial charge in [0, 0.05) is 5.02 Å². The average molecular weight is 344 g/mol. The standard InChI is InChI=1S/C18H14ClNO4/c1-10-9-12(19)7-8-15(10)24-18(23)11(2)20-16(21)13-5-3-4-6-14(13)17(20)22/h3-9,11H,1-2H3/t11-/m1/s1. The zero-order valence-corrected chi connectivity index (χ0v) is 13.8. The van der Waals surface area contributed by atoms with E-state index in [9.17, 15) is 14.4 Å². The Morgan fingerprint density at radius 2 is 1.67 bits per heavy atom. The molecule has 1 atom stereocenters. The van der Waals surface area contributed by atoms with E-state index in [0.29, 0.717) is 27.5 Å². The van der Waals surface area contributed by atoms with Crippen LogP contribution in [0.1, 0.15) is 33.2 Å². The molecule has 0 aromatic heterocycles. The van der Waals surface area contributed by atoms with Gasteiger partial charge in [0.2, 0.25) is 0 Å². The summed E-state index contributed by atoms with van der Waals surface area (Å²) in [6.07, 6.45) is 0. The number of nitrogens with zero attached hydrogens (tertiary/aromatic N) is 1. The summed E-state index contributed by atoms with van der Waals surface area (Å²) in [5.74, 6) is -1.33. The van der Waals surface area contributed by atoms with Gasteiger partial charge in [0.05, 0.1) is 11.1 Å². The van der Waals surface area contributed by atoms with Crippen molar-refractivity contribution in [3.8, 4) is 5.75 Å². The van der Waals surface area contributed by atoms with Crippen LogP contribution in [0, 0.1) is 6.92 Å². The van der Waals surface area contributed by atoms with E-state index < -0.39 is 23.8 Å². The van der Waals surface area contributed by atoms with E-state index in [1.54, 1.807) is 49.4 Å². The number of amides is 2. The van der Waals surface area contributed by atoms with Crippen LogP contribution in [0.4, 0.5) is 0 Å². The van der Waals surface area contributed by atoms with Gasteiger partial charge in [0.25, 0.3) is 11.8 Å². The summed E-state index contributed by atoms with van der Waals surface area (Å²) in [5, 5.41) is 0.528. The van der Waals surface area contributed by atoms with E-state index in [0.717, 1.165) is 4.90 Å². The molecule has 0 radical (unpaired) electrons. The first-order valence-corrected chi connectivity index (χ1v) is 7.72. The molecule has 1 heterocycles. The molecule has 1 aliphatic heterocycles. The molecule has 0 aliphatic carbocycles. The number of benzene rings is 2. The number of carbonyl (C=O) groups is 3. The average Bonchev–Trinajstić information content (AvgIpc) is 2.81. The van der Waals surface area contributed by atoms with E-state index in [4.69, 9.17) is 16.3 Å². The number of halogens is 1. The third-order valence-corrected chi connectivity index (χ3v) is 4.14. The first kappa shape index (κ1) is 16.2. The topological polar surface area (TPSA) is 63.7 Å². The lowest BCUT2D eigenvalue weighted by atomic mass is 10.1. The van der Waals surface area contributed by atoms with Crippen molar-refractivity contribution in [3.05, 3.63) is 64.2 Å². The minimum Gasteiger partial charge on any atom is -0.425 e. The highest BCUT2D eigenvalue weighted by atomic mass is 35.5. The molecule has 6 heteroatoms. The summed E-state index contributed by atoms with van der Waals surface area (Å²) in [6.45, 7) is 3.22. The van der Waals surface area contributed by atoms with Crippen molar-refractivity contribution in [2.75, 3.05) is 0 Å². The third-order valence-electron chi connectivity index (χ3n) is 3.90. The number of imide groups is 1. The molecule has 5 nitrogen and oxygen atoms in total. The Kier molecular flexibility index (Phi) is 4.11. The molecule has 0 fully saturated rings. The second-order valence-electron chi connectivity index (χ2n) is 5.53. The fraction of sp³-hybridized carbons (Fsp3) is 0.167. The van der Waals surface area contributed by atoms with Gasteiger partial charge in [-0.25, -0.2) is 4.79 Å². The van der Waals surface area contributed by atoms with E-state index in [-0.39, 0.29) is 0 Å². The third kappa shape index (κ3) is 2.67. The van der Waals surface area contributed by atoms with Crippen molar-refractivity contribution >= 4 is 29.4 Å². The molecule has 0 saturated carbocycles. The summed E-state index contributed by atoms with van der Waals surface area (Å²) in [4.78, 5) is 38.1. The van der Waals surface area contributed by atoms with E-state index in [1.807, 2.05) is 0 Å². The van der Waals surface area contributed by atoms with Crippen LogP contribution in [0.3, 0.4) is 0 Å². The van der Waals surface area contributed by atoms with Crippen molar-refractivity contribution in [1.29, 1.82) is 0 Å². The molecule has 3 rings (SSSR count). The van der Waals surface area contributed by atoms with Crippen molar-refractivity contribution < 1.29 is 19.1 Å². The number of hydrogen-bond donors (Lipinski definition) is 0. The van der Waals surface area contributed by atoms with Crippen LogP contribution in [0.5, 0.6) is 5.75 Å². The van der Waals surface area contributed by atoms with Crippen molar-refractivity contribution in [2.45, 2.75) is 19.9 Å². The smallest absolute Gasteiger partial charge is 0.334 e. The maximum absolute atomic E-state index is 12.4. The Morgan fingerprint density at radius 3 is 2.21 bits per heavy atom. The molecular formula is C18H14ClNO4. The van der Waals surface area contributed by atoms with Gasteiger partial charge >= 0.3 is 5.97 Å². The quantitative estimate of drug-likeness (QED) is 0.487. The summed E-state index contributed by atoms with van der Waals surface area (Å²) in [6, 6.07) is 10.3. The van der Waals surface area contributed by atoms with E-state index >= 15 is 0 Å². The molecule has 0 saturated heterocycles. The summed E-state index contributed by atoms with van der Waals surface area (Å²) >= 11 is 5.87. The molecule has 1 aliphatic rings. The lowest BCUT2D eigenvalue weighted by Gasteiger charge is -2.21. The Hall–Kier alpha value is -2.66. The summed E-state index contributed by atoms with van der Waals surface area (Å²) < 4.78 is 5.33. The Bertz CT molecular complexity index is 827. The van der Waals surface area contributed by atoms with E-state index in [1.165, 1.54) is 6.92 Å². The largest absolute Gasteiger partial charge is 0.425 e. The van der Waals surface area contributed by atoms with Crippen LogP contribution in [-0.4, -0.2) is 28.7 Å². The maximum atomic E-state index is 12.4. The highest BCUT2D eigenvalue weighted by molar-refractivity contribution is 6.30. The highest BCUT2D eigenvalue weighted by Gasteiger charge is 2.41. The van der Waals surface area contributed by atoms with Crippen LogP contribution in [0.15, 0.2) is 42.5 Å². The lowest BCUT2D eigenvalue weighted by molar-refractivity contribution is -0.138. The predicted molar refractivity (Wildman–Crippen MR) is 88.2 cm³/mol. The highest BCUT2D eigenvalue weighted by Crippen LogP contribution is 2.26. The van der Waals surface area contributed by atoms with Gasteiger partial charge in [-0.3, -0.25) is 14.5 Å².